The van der Waals surface area contributed by atoms with Crippen LogP contribution in [0.25, 0.3) is 0 Å². The first-order valence-corrected chi connectivity index (χ1v) is 11.7. The van der Waals surface area contributed by atoms with Crippen LogP contribution < -0.4 is 10.3 Å². The molecule has 31 heavy (non-hydrogen) atoms. The van der Waals surface area contributed by atoms with E-state index in [0.717, 1.165) is 55.2 Å². The molecular formula is C26H30N2O3. The van der Waals surface area contributed by atoms with Gasteiger partial charge in [-0.05, 0) is 98.7 Å². The highest BCUT2D eigenvalue weighted by atomic mass is 16.5. The normalized spacial score (nSPS) is 29.0. The standard InChI is InChI=1S/C26H30N2O3/c1-15(29)20-9-18-10-22-24-11-17-5-6-19(31-2)12-21(17)26(22,13-23(18)27-25(20)30)7-8-28(24)14-16-3-4-16/h5-6,9,12,16,22,24H,3-4,7-8,10-11,13-14H2,1-2H3,(H,27,30)/t22-,24+,26+/m0/s1. The molecule has 4 aliphatic rings. The molecule has 1 saturated carbocycles. The van der Waals surface area contributed by atoms with Crippen molar-refractivity contribution in [1.29, 1.82) is 0 Å². The van der Waals surface area contributed by atoms with E-state index in [1.165, 1.54) is 37.4 Å². The zero-order valence-electron chi connectivity index (χ0n) is 18.4. The van der Waals surface area contributed by atoms with Gasteiger partial charge in [0.05, 0.1) is 12.7 Å². The number of Topliss-reactive ketones (excluding diaryl/α,β-unsaturated/α-hetero) is 1. The first-order chi connectivity index (χ1) is 15.0. The predicted molar refractivity (Wildman–Crippen MR) is 119 cm³/mol. The van der Waals surface area contributed by atoms with Gasteiger partial charge in [-0.2, -0.15) is 0 Å². The highest BCUT2D eigenvalue weighted by Gasteiger charge is 2.55. The molecule has 0 radical (unpaired) electrons. The fourth-order valence-corrected chi connectivity index (χ4v) is 6.74. The Morgan fingerprint density at radius 1 is 1.23 bits per heavy atom. The van der Waals surface area contributed by atoms with Crippen molar-refractivity contribution in [3.8, 4) is 5.75 Å². The molecule has 3 aliphatic carbocycles. The fourth-order valence-electron chi connectivity index (χ4n) is 6.74. The number of ether oxygens (including phenoxy) is 1. The Balaban J connectivity index is 1.50. The van der Waals surface area contributed by atoms with Gasteiger partial charge in [0, 0.05) is 23.7 Å². The molecule has 162 valence electrons. The van der Waals surface area contributed by atoms with Gasteiger partial charge in [-0.1, -0.05) is 6.07 Å². The van der Waals surface area contributed by atoms with E-state index >= 15 is 0 Å². The van der Waals surface area contributed by atoms with Crippen molar-refractivity contribution < 1.29 is 9.53 Å². The first kappa shape index (κ1) is 19.3. The zero-order chi connectivity index (χ0) is 21.3. The minimum atomic E-state index is -0.245. The number of benzene rings is 1. The molecule has 1 aromatic carbocycles. The minimum absolute atomic E-state index is 0.0283. The number of fused-ring (bicyclic) bond motifs is 2. The van der Waals surface area contributed by atoms with Crippen molar-refractivity contribution in [2.24, 2.45) is 11.8 Å². The van der Waals surface area contributed by atoms with Gasteiger partial charge >= 0.3 is 0 Å². The van der Waals surface area contributed by atoms with Gasteiger partial charge in [0.25, 0.3) is 5.56 Å². The summed E-state index contributed by atoms with van der Waals surface area (Å²) in [6.07, 6.45) is 6.70. The van der Waals surface area contributed by atoms with Crippen molar-refractivity contribution in [2.45, 2.75) is 56.9 Å². The fraction of sp³-hybridized carbons (Fsp3) is 0.538. The second-order valence-electron chi connectivity index (χ2n) is 10.2. The summed E-state index contributed by atoms with van der Waals surface area (Å²) in [6, 6.07) is 9.01. The molecule has 1 N–H and O–H groups in total. The number of carbonyl (C=O) groups excluding carboxylic acids is 1. The summed E-state index contributed by atoms with van der Waals surface area (Å²) in [6.45, 7) is 3.83. The molecule has 0 unspecified atom stereocenters. The number of aromatic nitrogens is 1. The molecule has 2 fully saturated rings. The summed E-state index contributed by atoms with van der Waals surface area (Å²) in [5.74, 6) is 2.13. The van der Waals surface area contributed by atoms with Crippen LogP contribution in [0.15, 0.2) is 29.1 Å². The van der Waals surface area contributed by atoms with Gasteiger partial charge in [-0.3, -0.25) is 14.5 Å². The lowest BCUT2D eigenvalue weighted by molar-refractivity contribution is 0.00459. The van der Waals surface area contributed by atoms with Crippen molar-refractivity contribution in [3.63, 3.8) is 0 Å². The Hall–Kier alpha value is -2.40. The number of carbonyl (C=O) groups is 1. The molecule has 5 nitrogen and oxygen atoms in total. The van der Waals surface area contributed by atoms with Crippen LogP contribution in [0.5, 0.6) is 5.75 Å². The summed E-state index contributed by atoms with van der Waals surface area (Å²) in [5, 5.41) is 0. The second kappa shape index (κ2) is 6.80. The molecule has 1 saturated heterocycles. The molecule has 3 atom stereocenters. The number of hydrogen-bond acceptors (Lipinski definition) is 4. The molecule has 2 heterocycles. The monoisotopic (exact) mass is 418 g/mol. The minimum Gasteiger partial charge on any atom is -0.497 e. The van der Waals surface area contributed by atoms with E-state index < -0.39 is 0 Å². The molecule has 1 aliphatic heterocycles. The number of hydrogen-bond donors (Lipinski definition) is 1. The number of pyridine rings is 1. The smallest absolute Gasteiger partial charge is 0.259 e. The van der Waals surface area contributed by atoms with E-state index in [-0.39, 0.29) is 16.8 Å². The molecule has 0 amide bonds. The zero-order valence-corrected chi connectivity index (χ0v) is 18.4. The highest BCUT2D eigenvalue weighted by molar-refractivity contribution is 5.93. The van der Waals surface area contributed by atoms with Crippen molar-refractivity contribution in [2.75, 3.05) is 20.2 Å². The number of nitrogens with one attached hydrogen (secondary N) is 1. The number of rotatable bonds is 4. The van der Waals surface area contributed by atoms with Crippen LogP contribution in [0.3, 0.4) is 0 Å². The van der Waals surface area contributed by atoms with E-state index in [0.29, 0.717) is 17.5 Å². The van der Waals surface area contributed by atoms with Gasteiger partial charge < -0.3 is 9.72 Å². The first-order valence-electron chi connectivity index (χ1n) is 11.7. The summed E-state index contributed by atoms with van der Waals surface area (Å²) < 4.78 is 5.60. The van der Waals surface area contributed by atoms with Crippen LogP contribution in [0.4, 0.5) is 0 Å². The molecule has 5 heteroatoms. The largest absolute Gasteiger partial charge is 0.497 e. The number of ketones is 1. The topological polar surface area (TPSA) is 62.4 Å². The average Bonchev–Trinajstić information content (AvgIpc) is 3.57. The lowest BCUT2D eigenvalue weighted by Gasteiger charge is -2.59. The number of methoxy groups -OCH3 is 1. The van der Waals surface area contributed by atoms with Crippen molar-refractivity contribution >= 4 is 5.78 Å². The third-order valence-corrected chi connectivity index (χ3v) is 8.49. The second-order valence-corrected chi connectivity index (χ2v) is 10.2. The highest BCUT2D eigenvalue weighted by Crippen LogP contribution is 2.55. The van der Waals surface area contributed by atoms with Crippen LogP contribution in [0.1, 0.15) is 58.9 Å². The lowest BCUT2D eigenvalue weighted by atomic mass is 9.52. The number of H-pyrrole nitrogens is 1. The summed E-state index contributed by atoms with van der Waals surface area (Å²) in [7, 11) is 1.73. The average molecular weight is 419 g/mol. The quantitative estimate of drug-likeness (QED) is 0.774. The molecule has 0 spiro atoms. The van der Waals surface area contributed by atoms with Crippen molar-refractivity contribution in [1.82, 2.24) is 9.88 Å². The Labute approximate surface area is 182 Å². The van der Waals surface area contributed by atoms with E-state index in [1.54, 1.807) is 7.11 Å². The molecule has 2 aromatic rings. The van der Waals surface area contributed by atoms with Gasteiger partial charge in [0.2, 0.25) is 0 Å². The van der Waals surface area contributed by atoms with E-state index in [4.69, 9.17) is 4.74 Å². The van der Waals surface area contributed by atoms with E-state index in [2.05, 4.69) is 28.1 Å². The third kappa shape index (κ3) is 2.93. The maximum absolute atomic E-state index is 12.6. The Bertz CT molecular complexity index is 1130. The Kier molecular flexibility index (Phi) is 4.23. The van der Waals surface area contributed by atoms with Gasteiger partial charge in [-0.25, -0.2) is 0 Å². The van der Waals surface area contributed by atoms with Gasteiger partial charge in [-0.15, -0.1) is 0 Å². The third-order valence-electron chi connectivity index (χ3n) is 8.49. The number of likely N-dealkylation sites (tertiary alicyclic amines) is 1. The number of nitrogens with zero attached hydrogens (tertiary/aromatic N) is 1. The predicted octanol–water partition coefficient (Wildman–Crippen LogP) is 3.28. The van der Waals surface area contributed by atoms with Gasteiger partial charge in [0.15, 0.2) is 5.78 Å². The van der Waals surface area contributed by atoms with E-state index in [1.807, 2.05) is 6.07 Å². The Morgan fingerprint density at radius 2 is 2.06 bits per heavy atom. The van der Waals surface area contributed by atoms with Crippen LogP contribution >= 0.6 is 0 Å². The lowest BCUT2D eigenvalue weighted by Crippen LogP contribution is -2.63. The number of piperidine rings is 1. The van der Waals surface area contributed by atoms with Crippen LogP contribution in [-0.4, -0.2) is 41.9 Å². The molecule has 1 aromatic heterocycles. The maximum Gasteiger partial charge on any atom is 0.259 e. The van der Waals surface area contributed by atoms with Crippen LogP contribution in [-0.2, 0) is 24.7 Å². The molecule has 6 rings (SSSR count). The SMILES string of the molecule is COc1ccc2c(c1)[C@]13CCN(CC4CC4)[C@H](C2)[C@@H]1Cc1cc(C(C)=O)c(=O)[nH]c1C3. The van der Waals surface area contributed by atoms with Crippen LogP contribution in [0.2, 0.25) is 0 Å². The number of aromatic amines is 1. The van der Waals surface area contributed by atoms with Gasteiger partial charge in [0.1, 0.15) is 5.75 Å². The molecular weight excluding hydrogens is 388 g/mol. The summed E-state index contributed by atoms with van der Waals surface area (Å²) in [5.41, 5.74) is 5.12. The van der Waals surface area contributed by atoms with Crippen molar-refractivity contribution in [3.05, 3.63) is 62.6 Å². The Morgan fingerprint density at radius 3 is 2.81 bits per heavy atom. The maximum atomic E-state index is 12.6. The summed E-state index contributed by atoms with van der Waals surface area (Å²) in [4.78, 5) is 30.4. The summed E-state index contributed by atoms with van der Waals surface area (Å²) >= 11 is 0. The van der Waals surface area contributed by atoms with Crippen LogP contribution in [0, 0.1) is 11.8 Å². The van der Waals surface area contributed by atoms with E-state index in [9.17, 15) is 9.59 Å². The molecule has 2 bridgehead atoms.